The number of nitrogens with one attached hydrogen (secondary N) is 6. The SMILES string of the molecule is Cc1sc2nc1C(=O)N[C@@H]([C@H](OC(=O)NCC(=O)O)c1ccccc1)c1nc(cs1)C(=O)N[C@@H](Cc1ccc(O)cc1)C(=O)N1C[C@H](OC(=O)NCC(=O)O)[C@H](C)[C@H]1c1nc(cs1)-c1nc(cs1)-c1nc(-c3nc(C(=O)NC4CCC(C(=O)O)CC4)cs3)ccc1-c1nc(cs1)C(=O)N[C@H]2CC(N)=O. The highest BCUT2D eigenvalue weighted by molar-refractivity contribution is 7.15. The fraction of sp³-hybridized carbons (Fsp3) is 0.303. The molecule has 32 nitrogen and oxygen atoms in total. The van der Waals surface area contributed by atoms with Gasteiger partial charge in [0.25, 0.3) is 23.6 Å². The number of fused-ring (bicyclic) bond motifs is 16. The number of hydrogen-bond acceptors (Lipinski definition) is 27. The summed E-state index contributed by atoms with van der Waals surface area (Å²) in [6.45, 7) is 1.30. The summed E-state index contributed by atoms with van der Waals surface area (Å²) in [5, 5.41) is 63.6. The number of primary amides is 1. The molecule has 9 aromatic rings. The van der Waals surface area contributed by atoms with Crippen LogP contribution in [0.1, 0.15) is 136 Å². The van der Waals surface area contributed by atoms with Gasteiger partial charge in [0.2, 0.25) is 11.8 Å². The van der Waals surface area contributed by atoms with E-state index in [0.29, 0.717) is 68.9 Å². The first kappa shape index (κ1) is 72.7. The summed E-state index contributed by atoms with van der Waals surface area (Å²) in [5.74, 6) is -9.61. The Morgan fingerprint density at radius 1 is 0.635 bits per heavy atom. The van der Waals surface area contributed by atoms with Crippen molar-refractivity contribution in [2.75, 3.05) is 19.6 Å². The Kier molecular flexibility index (Phi) is 22.1. The molecule has 104 heavy (non-hydrogen) atoms. The number of phenols is 1. The van der Waals surface area contributed by atoms with Crippen LogP contribution in [-0.2, 0) is 39.9 Å². The van der Waals surface area contributed by atoms with Crippen LogP contribution in [0.25, 0.3) is 43.4 Å². The lowest BCUT2D eigenvalue weighted by Crippen LogP contribution is -2.50. The maximum atomic E-state index is 15.7. The normalized spacial score (nSPS) is 20.1. The van der Waals surface area contributed by atoms with E-state index >= 15 is 4.79 Å². The number of amides is 8. The second-order valence-electron chi connectivity index (χ2n) is 24.2. The van der Waals surface area contributed by atoms with Gasteiger partial charge in [0.05, 0.1) is 36.7 Å². The largest absolute Gasteiger partial charge is 0.508 e. The second kappa shape index (κ2) is 31.7. The average Bonchev–Trinajstić information content (AvgIpc) is 1.61. The minimum atomic E-state index is -1.53. The molecule has 0 radical (unpaired) electrons. The molecule has 0 unspecified atom stereocenters. The molecular formula is C66H61N15O17S6. The van der Waals surface area contributed by atoms with E-state index in [2.05, 4.69) is 46.9 Å². The lowest BCUT2D eigenvalue weighted by atomic mass is 9.86. The topological polar surface area (TPSA) is 479 Å². The van der Waals surface area contributed by atoms with Crippen LogP contribution in [0.2, 0.25) is 0 Å². The number of aryl methyl sites for hydroxylation is 1. The maximum Gasteiger partial charge on any atom is 0.408 e. The molecule has 8 amide bonds. The minimum Gasteiger partial charge on any atom is -0.508 e. The Morgan fingerprint density at radius 3 is 1.97 bits per heavy atom. The summed E-state index contributed by atoms with van der Waals surface area (Å²) in [4.78, 5) is 184. The van der Waals surface area contributed by atoms with E-state index in [1.54, 1.807) is 84.6 Å². The van der Waals surface area contributed by atoms with Gasteiger partial charge in [-0.3, -0.25) is 43.2 Å². The molecule has 10 bridgehead atoms. The number of carboxylic acids is 3. The molecule has 9 heterocycles. The number of alkyl carbamates (subject to hydrolysis) is 2. The number of nitrogens with two attached hydrogens (primary N) is 1. The molecule has 2 fully saturated rings. The molecule has 7 aromatic heterocycles. The maximum absolute atomic E-state index is 15.7. The Labute approximate surface area is 612 Å². The molecule has 7 atom stereocenters. The van der Waals surface area contributed by atoms with E-state index in [4.69, 9.17) is 35.1 Å². The van der Waals surface area contributed by atoms with Crippen molar-refractivity contribution in [3.8, 4) is 49.1 Å². The number of rotatable bonds is 16. The summed E-state index contributed by atoms with van der Waals surface area (Å²) in [6.07, 6.45) is -3.87. The molecule has 38 heteroatoms. The minimum absolute atomic E-state index is 0.0580. The van der Waals surface area contributed by atoms with E-state index < -0.39 is 133 Å². The molecule has 0 spiro atoms. The first-order chi connectivity index (χ1) is 49.9. The third-order valence-corrected chi connectivity index (χ3v) is 22.6. The number of carboxylic acid groups (broad SMARTS) is 3. The number of benzene rings is 2. The molecule has 12 N–H and O–H groups in total. The first-order valence-electron chi connectivity index (χ1n) is 31.9. The number of phenolic OH excluding ortho intramolecular Hbond substituents is 1. The van der Waals surface area contributed by atoms with Crippen molar-refractivity contribution < 1.29 is 82.6 Å². The second-order valence-corrected chi connectivity index (χ2v) is 29.8. The average molecular weight is 1530 g/mol. The number of pyridine rings is 1. The van der Waals surface area contributed by atoms with Crippen molar-refractivity contribution in [2.24, 2.45) is 17.6 Å². The summed E-state index contributed by atoms with van der Waals surface area (Å²) in [6, 6.07) is 11.7. The predicted molar refractivity (Wildman–Crippen MR) is 377 cm³/mol. The molecule has 1 saturated heterocycles. The zero-order valence-electron chi connectivity index (χ0n) is 54.5. The zero-order valence-corrected chi connectivity index (χ0v) is 59.4. The Balaban J connectivity index is 0.964. The third kappa shape index (κ3) is 16.9. The van der Waals surface area contributed by atoms with Crippen LogP contribution >= 0.6 is 68.0 Å². The van der Waals surface area contributed by atoms with Crippen LogP contribution in [-0.4, -0.2) is 164 Å². The number of hydrogen-bond donors (Lipinski definition) is 11. The van der Waals surface area contributed by atoms with Crippen molar-refractivity contribution in [1.82, 2.24) is 71.7 Å². The molecule has 1 aliphatic carbocycles. The number of nitrogens with zero attached hydrogens (tertiary/aromatic N) is 8. The van der Waals surface area contributed by atoms with E-state index in [9.17, 15) is 68.4 Å². The molecule has 2 aliphatic heterocycles. The van der Waals surface area contributed by atoms with E-state index in [0.717, 1.165) is 56.7 Å². The smallest absolute Gasteiger partial charge is 0.408 e. The van der Waals surface area contributed by atoms with E-state index in [1.807, 2.05) is 0 Å². The van der Waals surface area contributed by atoms with Crippen LogP contribution in [0.15, 0.2) is 93.6 Å². The predicted octanol–water partition coefficient (Wildman–Crippen LogP) is 7.30. The highest BCUT2D eigenvalue weighted by Gasteiger charge is 2.48. The first-order valence-corrected chi connectivity index (χ1v) is 37.1. The lowest BCUT2D eigenvalue weighted by molar-refractivity contribution is -0.143. The van der Waals surface area contributed by atoms with E-state index in [1.165, 1.54) is 39.1 Å². The van der Waals surface area contributed by atoms with Gasteiger partial charge in [-0.05, 0) is 68.0 Å². The Morgan fingerprint density at radius 2 is 1.26 bits per heavy atom. The van der Waals surface area contributed by atoms with E-state index in [-0.39, 0.29) is 78.7 Å². The van der Waals surface area contributed by atoms with Gasteiger partial charge in [0.1, 0.15) is 107 Å². The van der Waals surface area contributed by atoms with Gasteiger partial charge in [-0.25, -0.2) is 44.5 Å². The molecular weight excluding hydrogens is 1470 g/mol. The standard InChI is InChI=1S/C66H61N15O17S6/c1-28-44(97-65(95)68-20-46(84)85)22-81-51(28)62-78-43(27-103-62)59-74-39(23-100-59)49-35(16-17-36(71-49)58-76-40(25-101-58)53(88)70-33-12-10-32(11-13-33)64(93)94)57-75-41(24-99-57)54(89)72-37(19-45(67)83)60-80-48(29(2)104-60)56(91)79-50(52(31-6-4-3-5-7-31)98-66(96)69-21-47(86)87)61-77-42(26-102-61)55(90)73-38(63(81)92)18-30-8-14-34(82)15-9-30/h3-9,14-17,23-28,32-33,37-38,44,50-52,82H,10-13,18-22H2,1-2H3,(H2,67,83)(H,68,95)(H,69,96)(H,70,88)(H,72,89)(H,73,90)(H,79,91)(H,84,85)(H,86,87)(H,93,94)/t28-,32?,33?,37-,38-,44-,50-,51-,52+/m0/s1. The molecule has 538 valence electrons. The lowest BCUT2D eigenvalue weighted by Gasteiger charge is -2.29. The van der Waals surface area contributed by atoms with Crippen molar-refractivity contribution in [1.29, 1.82) is 0 Å². The number of carbonyl (C=O) groups excluding carboxylic acids is 8. The van der Waals surface area contributed by atoms with Crippen molar-refractivity contribution in [2.45, 2.75) is 94.8 Å². The number of aromatic nitrogens is 7. The summed E-state index contributed by atoms with van der Waals surface area (Å²) < 4.78 is 11.7. The fourth-order valence-corrected chi connectivity index (χ4v) is 17.2. The fourth-order valence-electron chi connectivity index (χ4n) is 11.9. The van der Waals surface area contributed by atoms with Gasteiger partial charge < -0.3 is 72.4 Å². The quantitative estimate of drug-likeness (QED) is 0.0452. The third-order valence-electron chi connectivity index (χ3n) is 17.1. The van der Waals surface area contributed by atoms with Gasteiger partial charge in [0, 0.05) is 55.7 Å². The highest BCUT2D eigenvalue weighted by atomic mass is 32.1. The number of ether oxygens (including phenoxy) is 2. The monoisotopic (exact) mass is 1530 g/mol. The molecule has 12 rings (SSSR count). The van der Waals surface area contributed by atoms with Crippen molar-refractivity contribution >= 4 is 134 Å². The number of aliphatic carboxylic acids is 3. The summed E-state index contributed by atoms with van der Waals surface area (Å²) >= 11 is 6.32. The van der Waals surface area contributed by atoms with Crippen LogP contribution in [0.3, 0.4) is 0 Å². The van der Waals surface area contributed by atoms with Crippen LogP contribution in [0.5, 0.6) is 5.75 Å². The molecule has 3 aliphatic rings. The van der Waals surface area contributed by atoms with Gasteiger partial charge in [0.15, 0.2) is 6.10 Å². The number of carbonyl (C=O) groups is 11. The van der Waals surface area contributed by atoms with Crippen LogP contribution < -0.4 is 37.6 Å². The molecule has 1 saturated carbocycles. The van der Waals surface area contributed by atoms with Crippen molar-refractivity contribution in [3.05, 3.63) is 147 Å². The Hall–Kier alpha value is -11.1. The number of thiazole rings is 6. The van der Waals surface area contributed by atoms with Gasteiger partial charge in [-0.15, -0.1) is 68.0 Å². The highest BCUT2D eigenvalue weighted by Crippen LogP contribution is 2.44. The Bertz CT molecular complexity index is 4800. The summed E-state index contributed by atoms with van der Waals surface area (Å²) in [5.41, 5.74) is 7.57. The van der Waals surface area contributed by atoms with Gasteiger partial charge in [-0.1, -0.05) is 49.4 Å². The van der Waals surface area contributed by atoms with Gasteiger partial charge >= 0.3 is 30.1 Å². The van der Waals surface area contributed by atoms with Crippen LogP contribution in [0.4, 0.5) is 9.59 Å². The molecule has 2 aromatic carbocycles. The zero-order chi connectivity index (χ0) is 73.6. The summed E-state index contributed by atoms with van der Waals surface area (Å²) in [7, 11) is 0. The van der Waals surface area contributed by atoms with Crippen LogP contribution in [0, 0.1) is 18.8 Å². The van der Waals surface area contributed by atoms with Crippen molar-refractivity contribution in [3.63, 3.8) is 0 Å². The number of aromatic hydroxyl groups is 1. The van der Waals surface area contributed by atoms with Gasteiger partial charge in [-0.2, -0.15) is 0 Å².